The molecule has 2 rings (SSSR count). The third-order valence-electron chi connectivity index (χ3n) is 6.14. The first kappa shape index (κ1) is 25.6. The molecule has 0 aliphatic rings. The number of carbonyl (C=O) groups is 1. The quantitative estimate of drug-likeness (QED) is 0.423. The summed E-state index contributed by atoms with van der Waals surface area (Å²) >= 11 is 0. The first-order valence-corrected chi connectivity index (χ1v) is 11.2. The molecule has 2 atom stereocenters. The lowest BCUT2D eigenvalue weighted by molar-refractivity contribution is -0.121. The Morgan fingerprint density at radius 2 is 0.812 bits per heavy atom. The Kier molecular flexibility index (Phi) is 8.59. The van der Waals surface area contributed by atoms with Gasteiger partial charge in [0, 0.05) is 23.0 Å². The maximum atomic E-state index is 13.5. The predicted octanol–water partition coefficient (Wildman–Crippen LogP) is 6.44. The summed E-state index contributed by atoms with van der Waals surface area (Å²) in [6.45, 7) is 12.2. The molecule has 0 N–H and O–H groups in total. The zero-order valence-electron chi connectivity index (χ0n) is 21.2. The molecule has 0 aromatic heterocycles. The van der Waals surface area contributed by atoms with Crippen LogP contribution in [0.3, 0.4) is 0 Å². The Bertz CT molecular complexity index is 820. The fourth-order valence-corrected chi connectivity index (χ4v) is 4.26. The van der Waals surface area contributed by atoms with E-state index in [2.05, 4.69) is 27.7 Å². The predicted molar refractivity (Wildman–Crippen MR) is 129 cm³/mol. The minimum absolute atomic E-state index is 0.104. The highest BCUT2D eigenvalue weighted by Gasteiger charge is 2.27. The Hall–Kier alpha value is -2.69. The van der Waals surface area contributed by atoms with Gasteiger partial charge in [0.2, 0.25) is 0 Å². The van der Waals surface area contributed by atoms with Crippen molar-refractivity contribution in [1.29, 1.82) is 0 Å². The summed E-state index contributed by atoms with van der Waals surface area (Å²) in [5.41, 5.74) is 3.76. The number of hydrogen-bond acceptors (Lipinski definition) is 5. The fourth-order valence-electron chi connectivity index (χ4n) is 4.26. The fraction of sp³-hybridized carbons (Fsp3) is 0.519. The van der Waals surface area contributed by atoms with Crippen molar-refractivity contribution < 1.29 is 23.7 Å². The summed E-state index contributed by atoms with van der Waals surface area (Å²) < 4.78 is 22.5. The molecule has 2 unspecified atom stereocenters. The van der Waals surface area contributed by atoms with Gasteiger partial charge in [0.15, 0.2) is 0 Å². The molecule has 0 aliphatic heterocycles. The molecule has 5 nitrogen and oxygen atoms in total. The van der Waals surface area contributed by atoms with Crippen molar-refractivity contribution in [2.45, 2.75) is 65.2 Å². The maximum Gasteiger partial charge on any atom is 0.147 e. The summed E-state index contributed by atoms with van der Waals surface area (Å²) in [7, 11) is 6.59. The SMILES string of the molecule is COc1cc(C(C)C(=O)C(C)c2cc(OC)c(C(C)C)c(OC)c2)cc(OC)c1C(C)C. The van der Waals surface area contributed by atoms with Crippen molar-refractivity contribution in [2.75, 3.05) is 28.4 Å². The summed E-state index contributed by atoms with van der Waals surface area (Å²) in [5, 5.41) is 0. The van der Waals surface area contributed by atoms with Crippen LogP contribution < -0.4 is 18.9 Å². The molecule has 2 aromatic rings. The van der Waals surface area contributed by atoms with Crippen LogP contribution in [0.1, 0.15) is 87.5 Å². The van der Waals surface area contributed by atoms with Crippen LogP contribution >= 0.6 is 0 Å². The summed E-state index contributed by atoms with van der Waals surface area (Å²) in [6.07, 6.45) is 0. The van der Waals surface area contributed by atoms with Crippen molar-refractivity contribution in [2.24, 2.45) is 0 Å². The molecule has 2 aromatic carbocycles. The van der Waals surface area contributed by atoms with Crippen LogP contribution in [-0.4, -0.2) is 34.2 Å². The lowest BCUT2D eigenvalue weighted by Crippen LogP contribution is -2.17. The van der Waals surface area contributed by atoms with E-state index in [1.54, 1.807) is 28.4 Å². The Morgan fingerprint density at radius 3 is 1.00 bits per heavy atom. The molecule has 176 valence electrons. The number of benzene rings is 2. The zero-order chi connectivity index (χ0) is 24.2. The first-order chi connectivity index (χ1) is 15.1. The average molecular weight is 443 g/mol. The zero-order valence-corrected chi connectivity index (χ0v) is 21.2. The molecule has 0 saturated heterocycles. The highest BCUT2D eigenvalue weighted by atomic mass is 16.5. The van der Waals surface area contributed by atoms with E-state index in [0.717, 1.165) is 45.3 Å². The van der Waals surface area contributed by atoms with Gasteiger partial charge < -0.3 is 18.9 Å². The smallest absolute Gasteiger partial charge is 0.147 e. The second-order valence-electron chi connectivity index (χ2n) is 8.83. The number of rotatable bonds is 10. The molecule has 0 spiro atoms. The van der Waals surface area contributed by atoms with Crippen molar-refractivity contribution in [3.8, 4) is 23.0 Å². The number of ketones is 1. The monoisotopic (exact) mass is 442 g/mol. The topological polar surface area (TPSA) is 54.0 Å². The van der Waals surface area contributed by atoms with Gasteiger partial charge in [-0.05, 0) is 47.2 Å². The number of methoxy groups -OCH3 is 4. The van der Waals surface area contributed by atoms with Gasteiger partial charge in [-0.1, -0.05) is 41.5 Å². The van der Waals surface area contributed by atoms with E-state index >= 15 is 0 Å². The van der Waals surface area contributed by atoms with Gasteiger partial charge in [-0.15, -0.1) is 0 Å². The molecule has 0 heterocycles. The normalized spacial score (nSPS) is 13.1. The Labute approximate surface area is 193 Å². The van der Waals surface area contributed by atoms with E-state index in [9.17, 15) is 4.79 Å². The second kappa shape index (κ2) is 10.8. The van der Waals surface area contributed by atoms with Crippen LogP contribution in [0.25, 0.3) is 0 Å². The van der Waals surface area contributed by atoms with Crippen molar-refractivity contribution in [3.05, 3.63) is 46.5 Å². The number of hydrogen-bond donors (Lipinski definition) is 0. The molecule has 0 fully saturated rings. The van der Waals surface area contributed by atoms with Gasteiger partial charge in [0.25, 0.3) is 0 Å². The highest BCUT2D eigenvalue weighted by molar-refractivity contribution is 5.91. The molecule has 32 heavy (non-hydrogen) atoms. The summed E-state index contributed by atoms with van der Waals surface area (Å²) in [5.74, 6) is 2.87. The summed E-state index contributed by atoms with van der Waals surface area (Å²) in [6, 6.07) is 7.82. The summed E-state index contributed by atoms with van der Waals surface area (Å²) in [4.78, 5) is 13.5. The molecule has 0 aliphatic carbocycles. The molecule has 0 amide bonds. The van der Waals surface area contributed by atoms with E-state index in [4.69, 9.17) is 18.9 Å². The van der Waals surface area contributed by atoms with Crippen molar-refractivity contribution in [1.82, 2.24) is 0 Å². The van der Waals surface area contributed by atoms with E-state index in [-0.39, 0.29) is 29.5 Å². The second-order valence-corrected chi connectivity index (χ2v) is 8.83. The molecule has 0 saturated carbocycles. The Morgan fingerprint density at radius 1 is 0.562 bits per heavy atom. The molecular formula is C27H38O5. The maximum absolute atomic E-state index is 13.5. The van der Waals surface area contributed by atoms with Gasteiger partial charge in [-0.3, -0.25) is 4.79 Å². The van der Waals surface area contributed by atoms with Gasteiger partial charge in [0.05, 0.1) is 28.4 Å². The van der Waals surface area contributed by atoms with Crippen LogP contribution in [0.4, 0.5) is 0 Å². The van der Waals surface area contributed by atoms with E-state index in [1.165, 1.54) is 0 Å². The van der Waals surface area contributed by atoms with Crippen LogP contribution in [0.5, 0.6) is 23.0 Å². The molecule has 0 bridgehead atoms. The van der Waals surface area contributed by atoms with E-state index in [0.29, 0.717) is 0 Å². The van der Waals surface area contributed by atoms with E-state index < -0.39 is 0 Å². The van der Waals surface area contributed by atoms with Crippen LogP contribution in [0, 0.1) is 0 Å². The minimum Gasteiger partial charge on any atom is -0.496 e. The standard InChI is InChI=1S/C27H38O5/c1-15(2)25-21(29-7)11-19(12-22(25)30-8)17(5)27(28)18(6)20-13-23(31-9)26(16(3)4)24(14-20)32-10/h11-18H,1-10H3. The lowest BCUT2D eigenvalue weighted by Gasteiger charge is -2.23. The lowest BCUT2D eigenvalue weighted by atomic mass is 9.83. The van der Waals surface area contributed by atoms with Gasteiger partial charge in [0.1, 0.15) is 28.8 Å². The largest absolute Gasteiger partial charge is 0.496 e. The van der Waals surface area contributed by atoms with Crippen LogP contribution in [0.15, 0.2) is 24.3 Å². The van der Waals surface area contributed by atoms with E-state index in [1.807, 2.05) is 38.1 Å². The van der Waals surface area contributed by atoms with Crippen LogP contribution in [0.2, 0.25) is 0 Å². The number of ether oxygens (including phenoxy) is 4. The van der Waals surface area contributed by atoms with Crippen molar-refractivity contribution in [3.63, 3.8) is 0 Å². The Balaban J connectivity index is 2.47. The highest BCUT2D eigenvalue weighted by Crippen LogP contribution is 2.41. The molecule has 0 radical (unpaired) electrons. The van der Waals surface area contributed by atoms with Gasteiger partial charge >= 0.3 is 0 Å². The first-order valence-electron chi connectivity index (χ1n) is 11.2. The van der Waals surface area contributed by atoms with Gasteiger partial charge in [-0.2, -0.15) is 0 Å². The molecular weight excluding hydrogens is 404 g/mol. The molecule has 5 heteroatoms. The van der Waals surface area contributed by atoms with Gasteiger partial charge in [-0.25, -0.2) is 0 Å². The van der Waals surface area contributed by atoms with Crippen LogP contribution in [-0.2, 0) is 4.79 Å². The number of carbonyl (C=O) groups excluding carboxylic acids is 1. The number of Topliss-reactive ketones (excluding diaryl/α,β-unsaturated/α-hetero) is 1. The third kappa shape index (κ3) is 5.03. The van der Waals surface area contributed by atoms with Crippen molar-refractivity contribution >= 4 is 5.78 Å². The minimum atomic E-state index is -0.337. The average Bonchev–Trinajstić information content (AvgIpc) is 2.79. The third-order valence-corrected chi connectivity index (χ3v) is 6.14.